The van der Waals surface area contributed by atoms with Crippen LogP contribution in [0.2, 0.25) is 0 Å². The van der Waals surface area contributed by atoms with Gasteiger partial charge in [-0.05, 0) is 65.6 Å². The number of hydrogen-bond acceptors (Lipinski definition) is 8. The van der Waals surface area contributed by atoms with Gasteiger partial charge in [0.15, 0.2) is 23.0 Å². The zero-order chi connectivity index (χ0) is 26.6. The van der Waals surface area contributed by atoms with E-state index in [-0.39, 0.29) is 25.0 Å². The van der Waals surface area contributed by atoms with Crippen molar-refractivity contribution in [2.45, 2.75) is 12.5 Å². The summed E-state index contributed by atoms with van der Waals surface area (Å²) in [6.45, 7) is 0.796. The monoisotopic (exact) mass is 518 g/mol. The average Bonchev–Trinajstić information content (AvgIpc) is 3.42. The van der Waals surface area contributed by atoms with Crippen LogP contribution in [-0.2, 0) is 11.2 Å². The van der Waals surface area contributed by atoms with Gasteiger partial charge in [-0.1, -0.05) is 6.07 Å². The van der Waals surface area contributed by atoms with Crippen LogP contribution in [0.5, 0.6) is 28.7 Å². The molecule has 1 atom stereocenters. The number of rotatable bonds is 8. The zero-order valence-electron chi connectivity index (χ0n) is 20.9. The minimum Gasteiger partial charge on any atom is -0.493 e. The number of carbonyl (C=O) groups excluding carboxylic acids is 1. The normalized spacial score (nSPS) is 15.7. The first-order valence-electron chi connectivity index (χ1n) is 12.0. The summed E-state index contributed by atoms with van der Waals surface area (Å²) >= 11 is 0. The quantitative estimate of drug-likeness (QED) is 0.243. The Labute approximate surface area is 219 Å². The van der Waals surface area contributed by atoms with E-state index in [9.17, 15) is 14.9 Å². The number of nitro groups is 1. The maximum Gasteiger partial charge on any atom is 0.269 e. The van der Waals surface area contributed by atoms with Crippen molar-refractivity contribution in [2.24, 2.45) is 0 Å². The lowest BCUT2D eigenvalue weighted by atomic mass is 9.92. The Kier molecular flexibility index (Phi) is 7.03. The Morgan fingerprint density at radius 2 is 1.79 bits per heavy atom. The molecule has 10 nitrogen and oxygen atoms in total. The minimum atomic E-state index is -0.465. The predicted octanol–water partition coefficient (Wildman–Crippen LogP) is 4.56. The molecule has 2 aliphatic heterocycles. The summed E-state index contributed by atoms with van der Waals surface area (Å²) in [6.07, 6.45) is 3.90. The molecule has 0 aliphatic carbocycles. The first-order chi connectivity index (χ1) is 18.5. The largest absolute Gasteiger partial charge is 0.493 e. The lowest BCUT2D eigenvalue weighted by Crippen LogP contribution is -2.41. The average molecular weight is 519 g/mol. The fourth-order valence-corrected chi connectivity index (χ4v) is 4.59. The molecule has 0 saturated heterocycles. The molecule has 196 valence electrons. The third kappa shape index (κ3) is 5.06. The summed E-state index contributed by atoms with van der Waals surface area (Å²) in [6, 6.07) is 14.7. The van der Waals surface area contributed by atoms with E-state index >= 15 is 0 Å². The van der Waals surface area contributed by atoms with Crippen molar-refractivity contribution in [2.75, 3.05) is 34.2 Å². The van der Waals surface area contributed by atoms with E-state index < -0.39 is 11.0 Å². The van der Waals surface area contributed by atoms with E-state index in [4.69, 9.17) is 23.7 Å². The fraction of sp³-hybridized carbons (Fsp3) is 0.250. The molecular formula is C28H26N2O8. The van der Waals surface area contributed by atoms with Crippen LogP contribution in [0.4, 0.5) is 5.69 Å². The van der Waals surface area contributed by atoms with Gasteiger partial charge in [-0.3, -0.25) is 14.9 Å². The van der Waals surface area contributed by atoms with E-state index in [0.29, 0.717) is 41.7 Å². The Hall–Kier alpha value is -4.73. The van der Waals surface area contributed by atoms with Gasteiger partial charge in [0.25, 0.3) is 5.69 Å². The molecular weight excluding hydrogens is 492 g/mol. The van der Waals surface area contributed by atoms with Crippen molar-refractivity contribution in [1.82, 2.24) is 4.90 Å². The van der Waals surface area contributed by atoms with E-state index in [1.54, 1.807) is 37.3 Å². The summed E-state index contributed by atoms with van der Waals surface area (Å²) in [7, 11) is 3.14. The van der Waals surface area contributed by atoms with Crippen LogP contribution in [0.1, 0.15) is 22.7 Å². The number of nitro benzene ring substituents is 1. The highest BCUT2D eigenvalue weighted by atomic mass is 16.7. The van der Waals surface area contributed by atoms with Crippen LogP contribution < -0.4 is 23.7 Å². The number of non-ortho nitro benzene ring substituents is 1. The molecule has 0 saturated carbocycles. The highest BCUT2D eigenvalue weighted by Crippen LogP contribution is 2.39. The van der Waals surface area contributed by atoms with Crippen LogP contribution in [0, 0.1) is 10.1 Å². The van der Waals surface area contributed by atoms with Crippen molar-refractivity contribution in [1.29, 1.82) is 0 Å². The topological polar surface area (TPSA) is 110 Å². The highest BCUT2D eigenvalue weighted by molar-refractivity contribution is 5.92. The summed E-state index contributed by atoms with van der Waals surface area (Å²) in [5.41, 5.74) is 2.71. The second kappa shape index (κ2) is 10.7. The first-order valence-corrected chi connectivity index (χ1v) is 12.0. The molecule has 3 aromatic rings. The number of methoxy groups -OCH3 is 2. The molecule has 1 amide bonds. The van der Waals surface area contributed by atoms with Gasteiger partial charge in [-0.25, -0.2) is 0 Å². The van der Waals surface area contributed by atoms with Crippen molar-refractivity contribution >= 4 is 17.7 Å². The molecule has 2 heterocycles. The SMILES string of the molecule is COc1cc2c(cc1OC)[C@@H](COc1ccc([N+](=O)[O-])cc1)N(C(=O)/C=C/c1ccc3c(c1)OCO3)CC2. The van der Waals surface area contributed by atoms with Gasteiger partial charge in [0, 0.05) is 24.8 Å². The Balaban J connectivity index is 1.41. The van der Waals surface area contributed by atoms with Gasteiger partial charge >= 0.3 is 0 Å². The number of carbonyl (C=O) groups is 1. The molecule has 0 spiro atoms. The molecule has 10 heteroatoms. The molecule has 5 rings (SSSR count). The lowest BCUT2D eigenvalue weighted by Gasteiger charge is -2.37. The van der Waals surface area contributed by atoms with Crippen molar-refractivity contribution in [3.8, 4) is 28.7 Å². The smallest absolute Gasteiger partial charge is 0.269 e. The Morgan fingerprint density at radius 1 is 1.05 bits per heavy atom. The molecule has 3 aromatic carbocycles. The van der Waals surface area contributed by atoms with E-state index in [1.807, 2.05) is 30.3 Å². The van der Waals surface area contributed by atoms with Crippen molar-refractivity contribution in [3.63, 3.8) is 0 Å². The van der Waals surface area contributed by atoms with Gasteiger partial charge in [0.05, 0.1) is 25.2 Å². The van der Waals surface area contributed by atoms with Gasteiger partial charge < -0.3 is 28.6 Å². The number of hydrogen-bond donors (Lipinski definition) is 0. The Morgan fingerprint density at radius 3 is 2.53 bits per heavy atom. The second-order valence-electron chi connectivity index (χ2n) is 8.71. The number of benzene rings is 3. The molecule has 0 N–H and O–H groups in total. The maximum atomic E-state index is 13.4. The van der Waals surface area contributed by atoms with Crippen LogP contribution in [0.15, 0.2) is 60.7 Å². The van der Waals surface area contributed by atoms with Gasteiger partial charge in [-0.2, -0.15) is 0 Å². The van der Waals surface area contributed by atoms with Crippen molar-refractivity contribution < 1.29 is 33.4 Å². The summed E-state index contributed by atoms with van der Waals surface area (Å²) in [5, 5.41) is 11.0. The fourth-order valence-electron chi connectivity index (χ4n) is 4.59. The predicted molar refractivity (Wildman–Crippen MR) is 138 cm³/mol. The summed E-state index contributed by atoms with van der Waals surface area (Å²) in [5.74, 6) is 2.77. The lowest BCUT2D eigenvalue weighted by molar-refractivity contribution is -0.384. The Bertz CT molecular complexity index is 1390. The minimum absolute atomic E-state index is 0.0253. The molecule has 0 radical (unpaired) electrons. The van der Waals surface area contributed by atoms with Crippen LogP contribution in [-0.4, -0.2) is 49.9 Å². The third-order valence-corrected chi connectivity index (χ3v) is 6.56. The molecule has 2 aliphatic rings. The molecule has 0 aromatic heterocycles. The number of nitrogens with zero attached hydrogens (tertiary/aromatic N) is 2. The van der Waals surface area contributed by atoms with Crippen LogP contribution >= 0.6 is 0 Å². The third-order valence-electron chi connectivity index (χ3n) is 6.56. The molecule has 0 unspecified atom stereocenters. The number of amides is 1. The van der Waals surface area contributed by atoms with E-state index in [1.165, 1.54) is 18.2 Å². The van der Waals surface area contributed by atoms with E-state index in [0.717, 1.165) is 16.7 Å². The van der Waals surface area contributed by atoms with Crippen LogP contribution in [0.3, 0.4) is 0 Å². The molecule has 0 fully saturated rings. The summed E-state index contributed by atoms with van der Waals surface area (Å²) in [4.78, 5) is 25.7. The first kappa shape index (κ1) is 24.9. The van der Waals surface area contributed by atoms with E-state index in [2.05, 4.69) is 0 Å². The zero-order valence-corrected chi connectivity index (χ0v) is 20.9. The molecule has 38 heavy (non-hydrogen) atoms. The van der Waals surface area contributed by atoms with Gasteiger partial charge in [-0.15, -0.1) is 0 Å². The second-order valence-corrected chi connectivity index (χ2v) is 8.71. The van der Waals surface area contributed by atoms with Crippen LogP contribution in [0.25, 0.3) is 6.08 Å². The van der Waals surface area contributed by atoms with Gasteiger partial charge in [0.1, 0.15) is 12.4 Å². The number of fused-ring (bicyclic) bond motifs is 2. The molecule has 0 bridgehead atoms. The highest BCUT2D eigenvalue weighted by Gasteiger charge is 2.32. The maximum absolute atomic E-state index is 13.4. The van der Waals surface area contributed by atoms with Crippen molar-refractivity contribution in [3.05, 3.63) is 87.5 Å². The number of ether oxygens (including phenoxy) is 5. The standard InChI is InChI=1S/C28H26N2O8/c1-34-25-14-19-11-12-29(28(31)10-4-18-3-9-24-27(13-18)38-17-37-24)23(22(19)15-26(25)35-2)16-36-21-7-5-20(6-8-21)30(32)33/h3-10,13-15,23H,11-12,16-17H2,1-2H3/b10-4+/t23-/m1/s1. The summed E-state index contributed by atoms with van der Waals surface area (Å²) < 4.78 is 27.8. The van der Waals surface area contributed by atoms with Gasteiger partial charge in [0.2, 0.25) is 12.7 Å².